The summed E-state index contributed by atoms with van der Waals surface area (Å²) in [5.74, 6) is 1.26. The maximum absolute atomic E-state index is 13.3. The summed E-state index contributed by atoms with van der Waals surface area (Å²) < 4.78 is 19.1. The van der Waals surface area contributed by atoms with E-state index >= 15 is 0 Å². The zero-order chi connectivity index (χ0) is 18.6. The Morgan fingerprint density at radius 3 is 2.70 bits per heavy atom. The van der Waals surface area contributed by atoms with Gasteiger partial charge >= 0.3 is 0 Å². The van der Waals surface area contributed by atoms with Gasteiger partial charge in [0, 0.05) is 11.1 Å². The first kappa shape index (κ1) is 17.0. The third kappa shape index (κ3) is 3.87. The lowest BCUT2D eigenvalue weighted by atomic mass is 10.2. The fourth-order valence-electron chi connectivity index (χ4n) is 2.92. The Kier molecular flexibility index (Phi) is 4.66. The summed E-state index contributed by atoms with van der Waals surface area (Å²) in [6.07, 6.45) is 1.55. The second-order valence-corrected chi connectivity index (χ2v) is 6.26. The fraction of sp³-hybridized carbons (Fsp3) is 0.0909. The Morgan fingerprint density at radius 1 is 0.963 bits per heavy atom. The van der Waals surface area contributed by atoms with Gasteiger partial charge in [0.15, 0.2) is 0 Å². The third-order valence-corrected chi connectivity index (χ3v) is 4.26. The standard InChI is InChI=1S/C22H18FN3O/c1-15-11-18(26-22-19-7-2-3-8-20(19)24-14-25-22)9-10-21(15)27-13-16-5-4-6-17(23)12-16/h2-12,14H,13H2,1H3,(H,24,25,26). The van der Waals surface area contributed by atoms with Crippen LogP contribution in [0.15, 0.2) is 73.1 Å². The van der Waals surface area contributed by atoms with Crippen LogP contribution in [-0.4, -0.2) is 9.97 Å². The summed E-state index contributed by atoms with van der Waals surface area (Å²) in [6.45, 7) is 2.30. The normalized spacial score (nSPS) is 10.7. The number of hydrogen-bond donors (Lipinski definition) is 1. The lowest BCUT2D eigenvalue weighted by Gasteiger charge is -2.12. The predicted molar refractivity (Wildman–Crippen MR) is 105 cm³/mol. The molecule has 134 valence electrons. The zero-order valence-corrected chi connectivity index (χ0v) is 14.8. The molecule has 5 heteroatoms. The fourth-order valence-corrected chi connectivity index (χ4v) is 2.92. The summed E-state index contributed by atoms with van der Waals surface area (Å²) in [5.41, 5.74) is 3.58. The summed E-state index contributed by atoms with van der Waals surface area (Å²) in [7, 11) is 0. The molecule has 1 N–H and O–H groups in total. The number of aryl methyl sites for hydroxylation is 1. The van der Waals surface area contributed by atoms with Crippen LogP contribution in [0.3, 0.4) is 0 Å². The molecule has 4 aromatic rings. The summed E-state index contributed by atoms with van der Waals surface area (Å²) >= 11 is 0. The molecule has 0 atom stereocenters. The molecule has 1 aromatic heterocycles. The van der Waals surface area contributed by atoms with Crippen molar-refractivity contribution in [3.8, 4) is 5.75 Å². The number of rotatable bonds is 5. The molecule has 3 aromatic carbocycles. The molecule has 0 radical (unpaired) electrons. The second-order valence-electron chi connectivity index (χ2n) is 6.26. The first-order valence-electron chi connectivity index (χ1n) is 8.64. The minimum Gasteiger partial charge on any atom is -0.489 e. The van der Waals surface area contributed by atoms with Crippen molar-refractivity contribution in [2.45, 2.75) is 13.5 Å². The number of anilines is 2. The highest BCUT2D eigenvalue weighted by Gasteiger charge is 2.06. The van der Waals surface area contributed by atoms with Crippen LogP contribution in [0.2, 0.25) is 0 Å². The highest BCUT2D eigenvalue weighted by atomic mass is 19.1. The van der Waals surface area contributed by atoms with E-state index in [1.54, 1.807) is 12.4 Å². The van der Waals surface area contributed by atoms with Crippen LogP contribution >= 0.6 is 0 Å². The van der Waals surface area contributed by atoms with Gasteiger partial charge < -0.3 is 10.1 Å². The second kappa shape index (κ2) is 7.41. The zero-order valence-electron chi connectivity index (χ0n) is 14.8. The molecule has 0 saturated heterocycles. The summed E-state index contributed by atoms with van der Waals surface area (Å²) in [6, 6.07) is 20.1. The lowest BCUT2D eigenvalue weighted by Crippen LogP contribution is -1.99. The number of nitrogens with zero attached hydrogens (tertiary/aromatic N) is 2. The van der Waals surface area contributed by atoms with Crippen molar-refractivity contribution in [2.24, 2.45) is 0 Å². The van der Waals surface area contributed by atoms with Gasteiger partial charge in [0.2, 0.25) is 0 Å². The molecule has 0 amide bonds. The van der Waals surface area contributed by atoms with Crippen molar-refractivity contribution in [3.63, 3.8) is 0 Å². The Labute approximate surface area is 156 Å². The molecule has 4 rings (SSSR count). The molecule has 0 unspecified atom stereocenters. The van der Waals surface area contributed by atoms with Gasteiger partial charge in [0.25, 0.3) is 0 Å². The van der Waals surface area contributed by atoms with Crippen LogP contribution in [-0.2, 0) is 6.61 Å². The van der Waals surface area contributed by atoms with Gasteiger partial charge in [-0.1, -0.05) is 24.3 Å². The van der Waals surface area contributed by atoms with Crippen molar-refractivity contribution in [2.75, 3.05) is 5.32 Å². The maximum Gasteiger partial charge on any atom is 0.141 e. The van der Waals surface area contributed by atoms with E-state index in [0.717, 1.165) is 39.3 Å². The van der Waals surface area contributed by atoms with Gasteiger partial charge in [0.1, 0.15) is 30.3 Å². The van der Waals surface area contributed by atoms with Crippen LogP contribution in [0.25, 0.3) is 10.9 Å². The number of aromatic nitrogens is 2. The number of nitrogens with one attached hydrogen (secondary N) is 1. The highest BCUT2D eigenvalue weighted by Crippen LogP contribution is 2.27. The molecule has 0 aliphatic heterocycles. The Morgan fingerprint density at radius 2 is 1.85 bits per heavy atom. The van der Waals surface area contributed by atoms with Crippen LogP contribution < -0.4 is 10.1 Å². The SMILES string of the molecule is Cc1cc(Nc2ncnc3ccccc23)ccc1OCc1cccc(F)c1. The van der Waals surface area contributed by atoms with Crippen LogP contribution in [0, 0.1) is 12.7 Å². The molecule has 0 aliphatic carbocycles. The van der Waals surface area contributed by atoms with E-state index in [2.05, 4.69) is 15.3 Å². The Balaban J connectivity index is 1.51. The van der Waals surface area contributed by atoms with Crippen molar-refractivity contribution < 1.29 is 9.13 Å². The van der Waals surface area contributed by atoms with E-state index < -0.39 is 0 Å². The van der Waals surface area contributed by atoms with Gasteiger partial charge in [-0.3, -0.25) is 0 Å². The van der Waals surface area contributed by atoms with Gasteiger partial charge in [-0.05, 0) is 60.5 Å². The minimum atomic E-state index is -0.260. The van der Waals surface area contributed by atoms with Crippen LogP contribution in [0.5, 0.6) is 5.75 Å². The number of benzene rings is 3. The predicted octanol–water partition coefficient (Wildman–Crippen LogP) is 5.40. The van der Waals surface area contributed by atoms with Gasteiger partial charge in [-0.2, -0.15) is 0 Å². The molecule has 0 bridgehead atoms. The number of hydrogen-bond acceptors (Lipinski definition) is 4. The first-order chi connectivity index (χ1) is 13.2. The average molecular weight is 359 g/mol. The average Bonchev–Trinajstić information content (AvgIpc) is 2.68. The van der Waals surface area contributed by atoms with E-state index in [4.69, 9.17) is 4.74 Å². The van der Waals surface area contributed by atoms with Crippen molar-refractivity contribution >= 4 is 22.4 Å². The van der Waals surface area contributed by atoms with Crippen LogP contribution in [0.1, 0.15) is 11.1 Å². The van der Waals surface area contributed by atoms with Gasteiger partial charge in [-0.15, -0.1) is 0 Å². The van der Waals surface area contributed by atoms with Crippen molar-refractivity contribution in [1.29, 1.82) is 0 Å². The van der Waals surface area contributed by atoms with Crippen molar-refractivity contribution in [1.82, 2.24) is 9.97 Å². The summed E-state index contributed by atoms with van der Waals surface area (Å²) in [4.78, 5) is 8.63. The summed E-state index contributed by atoms with van der Waals surface area (Å²) in [5, 5.41) is 4.30. The molecule has 0 saturated carbocycles. The largest absolute Gasteiger partial charge is 0.489 e. The molecule has 0 fully saturated rings. The molecule has 0 aliphatic rings. The van der Waals surface area contributed by atoms with E-state index in [1.165, 1.54) is 12.1 Å². The lowest BCUT2D eigenvalue weighted by molar-refractivity contribution is 0.303. The van der Waals surface area contributed by atoms with Gasteiger partial charge in [-0.25, -0.2) is 14.4 Å². The molecule has 1 heterocycles. The smallest absolute Gasteiger partial charge is 0.141 e. The molecule has 0 spiro atoms. The van der Waals surface area contributed by atoms with E-state index in [1.807, 2.05) is 55.5 Å². The van der Waals surface area contributed by atoms with Crippen molar-refractivity contribution in [3.05, 3.63) is 90.0 Å². The third-order valence-electron chi connectivity index (χ3n) is 4.26. The Hall–Kier alpha value is -3.47. The molecule has 27 heavy (non-hydrogen) atoms. The van der Waals surface area contributed by atoms with Crippen LogP contribution in [0.4, 0.5) is 15.9 Å². The number of ether oxygens (including phenoxy) is 1. The Bertz CT molecular complexity index is 1090. The topological polar surface area (TPSA) is 47.0 Å². The monoisotopic (exact) mass is 359 g/mol. The van der Waals surface area contributed by atoms with E-state index in [-0.39, 0.29) is 5.82 Å². The van der Waals surface area contributed by atoms with E-state index in [9.17, 15) is 4.39 Å². The highest BCUT2D eigenvalue weighted by molar-refractivity contribution is 5.90. The maximum atomic E-state index is 13.3. The number of para-hydroxylation sites is 1. The quantitative estimate of drug-likeness (QED) is 0.518. The number of halogens is 1. The minimum absolute atomic E-state index is 0.260. The number of fused-ring (bicyclic) bond motifs is 1. The van der Waals surface area contributed by atoms with E-state index in [0.29, 0.717) is 6.61 Å². The molecule has 4 nitrogen and oxygen atoms in total. The molecular formula is C22H18FN3O. The first-order valence-corrected chi connectivity index (χ1v) is 8.64. The van der Waals surface area contributed by atoms with Gasteiger partial charge in [0.05, 0.1) is 5.52 Å². The molecular weight excluding hydrogens is 341 g/mol.